The smallest absolute Gasteiger partial charge is 0.185 e. The van der Waals surface area contributed by atoms with Gasteiger partial charge in [-0.05, 0) is 69.4 Å². The summed E-state index contributed by atoms with van der Waals surface area (Å²) in [7, 11) is 0. The summed E-state index contributed by atoms with van der Waals surface area (Å²) in [6.45, 7) is 20.3. The van der Waals surface area contributed by atoms with Crippen molar-refractivity contribution >= 4 is 17.9 Å². The first-order valence-electron chi connectivity index (χ1n) is 12.9. The maximum Gasteiger partial charge on any atom is 0.185 e. The average Bonchev–Trinajstić information content (AvgIpc) is 2.75. The first-order valence-corrected chi connectivity index (χ1v) is 12.9. The van der Waals surface area contributed by atoms with Crippen LogP contribution < -0.4 is 0 Å². The van der Waals surface area contributed by atoms with Crippen LogP contribution in [0.2, 0.25) is 0 Å². The van der Waals surface area contributed by atoms with Crippen molar-refractivity contribution in [2.75, 3.05) is 0 Å². The van der Waals surface area contributed by atoms with Crippen molar-refractivity contribution in [1.29, 1.82) is 0 Å². The molecule has 2 aromatic rings. The first-order chi connectivity index (χ1) is 15.7. The third kappa shape index (κ3) is 6.17. The molecule has 1 aliphatic carbocycles. The normalized spacial score (nSPS) is 20.3. The van der Waals surface area contributed by atoms with Gasteiger partial charge in [0.15, 0.2) is 5.78 Å². The number of carbonyl (C=O) groups is 1. The molecule has 0 aliphatic heterocycles. The third-order valence-electron chi connectivity index (χ3n) is 7.77. The molecule has 0 heterocycles. The minimum absolute atomic E-state index is 0.126. The third-order valence-corrected chi connectivity index (χ3v) is 7.77. The lowest BCUT2D eigenvalue weighted by Crippen LogP contribution is -2.30. The number of benzene rings is 2. The van der Waals surface area contributed by atoms with Crippen LogP contribution in [0.1, 0.15) is 104 Å². The van der Waals surface area contributed by atoms with Gasteiger partial charge in [0.1, 0.15) is 0 Å². The van der Waals surface area contributed by atoms with Gasteiger partial charge in [-0.25, -0.2) is 0 Å². The summed E-state index contributed by atoms with van der Waals surface area (Å²) in [4.78, 5) is 13.6. The molecule has 34 heavy (non-hydrogen) atoms. The number of allylic oxidation sites excluding steroid dienone is 2. The number of Topliss-reactive ketones (excluding diaryl/α,β-unsaturated/α-hetero) is 1. The number of rotatable bonds is 4. The van der Waals surface area contributed by atoms with Gasteiger partial charge in [0.25, 0.3) is 0 Å². The van der Waals surface area contributed by atoms with Crippen LogP contribution in [-0.2, 0) is 15.6 Å². The Morgan fingerprint density at radius 1 is 0.676 bits per heavy atom. The Bertz CT molecular complexity index is 982. The minimum atomic E-state index is 0.126. The van der Waals surface area contributed by atoms with Gasteiger partial charge in [0.05, 0.1) is 0 Å². The van der Waals surface area contributed by atoms with Crippen LogP contribution in [0.3, 0.4) is 0 Å². The van der Waals surface area contributed by atoms with Crippen LogP contribution in [0.4, 0.5) is 0 Å². The molecule has 0 radical (unpaired) electrons. The molecule has 1 fully saturated rings. The maximum atomic E-state index is 13.6. The zero-order chi connectivity index (χ0) is 25.3. The van der Waals surface area contributed by atoms with Crippen molar-refractivity contribution in [1.82, 2.24) is 0 Å². The van der Waals surface area contributed by atoms with E-state index in [0.717, 1.165) is 41.5 Å². The fraction of sp³-hybridized carbons (Fsp3) is 0.485. The predicted octanol–water partition coefficient (Wildman–Crippen LogP) is 9.16. The van der Waals surface area contributed by atoms with E-state index < -0.39 is 0 Å². The molecular weight excluding hydrogens is 412 g/mol. The second-order valence-corrected chi connectivity index (χ2v) is 12.9. The number of ketones is 1. The Morgan fingerprint density at radius 3 is 1.32 bits per heavy atom. The molecular formula is C33H44O. The van der Waals surface area contributed by atoms with Gasteiger partial charge in [-0.3, -0.25) is 4.79 Å². The predicted molar refractivity (Wildman–Crippen MR) is 148 cm³/mol. The highest BCUT2D eigenvalue weighted by molar-refractivity contribution is 6.14. The molecule has 1 aliphatic rings. The average molecular weight is 457 g/mol. The number of hydrogen-bond acceptors (Lipinski definition) is 1. The summed E-state index contributed by atoms with van der Waals surface area (Å²) < 4.78 is 0. The van der Waals surface area contributed by atoms with E-state index in [4.69, 9.17) is 0 Å². The Balaban J connectivity index is 1.98. The summed E-state index contributed by atoms with van der Waals surface area (Å²) in [5.41, 5.74) is 7.17. The Kier molecular flexibility index (Phi) is 7.46. The molecule has 0 bridgehead atoms. The van der Waals surface area contributed by atoms with Gasteiger partial charge in [-0.1, -0.05) is 117 Å². The summed E-state index contributed by atoms with van der Waals surface area (Å²) in [5, 5.41) is 0. The van der Waals surface area contributed by atoms with E-state index in [2.05, 4.69) is 123 Å². The lowest BCUT2D eigenvalue weighted by atomic mass is 9.66. The molecule has 0 unspecified atom stereocenters. The molecule has 2 aromatic carbocycles. The maximum absolute atomic E-state index is 13.6. The molecule has 1 saturated carbocycles. The van der Waals surface area contributed by atoms with Crippen LogP contribution in [0.15, 0.2) is 59.7 Å². The fourth-order valence-corrected chi connectivity index (χ4v) is 4.65. The topological polar surface area (TPSA) is 17.1 Å². The van der Waals surface area contributed by atoms with Gasteiger partial charge in [-0.15, -0.1) is 0 Å². The highest BCUT2D eigenvalue weighted by Gasteiger charge is 2.36. The van der Waals surface area contributed by atoms with E-state index in [1.54, 1.807) is 0 Å². The van der Waals surface area contributed by atoms with Crippen LogP contribution in [-0.4, -0.2) is 5.78 Å². The second kappa shape index (κ2) is 9.68. The standard InChI is InChI=1S/C33H44O/c1-10-33(8,9)29-21-25(19-23-11-15-27(16-12-23)31(2,3)4)30(34)26(22-29)20-24-13-17-28(18-14-24)32(5,6)7/h11-20,29H,10,21-22H2,1-9H3/b25-19+,26-20+. The van der Waals surface area contributed by atoms with Crippen molar-refractivity contribution in [2.45, 2.75) is 92.4 Å². The van der Waals surface area contributed by atoms with Crippen LogP contribution in [0.5, 0.6) is 0 Å². The molecule has 0 aromatic heterocycles. The lowest BCUT2D eigenvalue weighted by Gasteiger charge is -2.38. The number of hydrogen-bond donors (Lipinski definition) is 0. The van der Waals surface area contributed by atoms with Crippen LogP contribution in [0, 0.1) is 11.3 Å². The molecule has 1 nitrogen and oxygen atoms in total. The summed E-state index contributed by atoms with van der Waals surface area (Å²) >= 11 is 0. The number of carbonyl (C=O) groups excluding carboxylic acids is 1. The van der Waals surface area contributed by atoms with E-state index in [9.17, 15) is 4.79 Å². The zero-order valence-electron chi connectivity index (χ0n) is 22.9. The van der Waals surface area contributed by atoms with Crippen molar-refractivity contribution in [2.24, 2.45) is 11.3 Å². The Hall–Kier alpha value is -2.41. The Morgan fingerprint density at radius 2 is 1.03 bits per heavy atom. The van der Waals surface area contributed by atoms with Crippen molar-refractivity contribution < 1.29 is 4.79 Å². The van der Waals surface area contributed by atoms with E-state index in [1.165, 1.54) is 11.1 Å². The van der Waals surface area contributed by atoms with Crippen molar-refractivity contribution in [3.8, 4) is 0 Å². The second-order valence-electron chi connectivity index (χ2n) is 12.9. The highest BCUT2D eigenvalue weighted by Crippen LogP contribution is 2.44. The van der Waals surface area contributed by atoms with E-state index in [1.807, 2.05) is 0 Å². The fourth-order valence-electron chi connectivity index (χ4n) is 4.65. The zero-order valence-corrected chi connectivity index (χ0v) is 22.9. The van der Waals surface area contributed by atoms with Crippen molar-refractivity contribution in [3.05, 3.63) is 81.9 Å². The monoisotopic (exact) mass is 456 g/mol. The van der Waals surface area contributed by atoms with Gasteiger partial charge in [-0.2, -0.15) is 0 Å². The van der Waals surface area contributed by atoms with Crippen LogP contribution >= 0.6 is 0 Å². The van der Waals surface area contributed by atoms with Gasteiger partial charge < -0.3 is 0 Å². The molecule has 1 heteroatoms. The minimum Gasteiger partial charge on any atom is -0.289 e. The molecule has 0 spiro atoms. The van der Waals surface area contributed by atoms with Crippen LogP contribution in [0.25, 0.3) is 12.2 Å². The molecule has 0 atom stereocenters. The molecule has 0 amide bonds. The largest absolute Gasteiger partial charge is 0.289 e. The van der Waals surface area contributed by atoms with Gasteiger partial charge in [0, 0.05) is 11.1 Å². The van der Waals surface area contributed by atoms with E-state index in [-0.39, 0.29) is 22.0 Å². The van der Waals surface area contributed by atoms with Gasteiger partial charge >= 0.3 is 0 Å². The molecule has 182 valence electrons. The van der Waals surface area contributed by atoms with E-state index >= 15 is 0 Å². The summed E-state index contributed by atoms with van der Waals surface area (Å²) in [5.74, 6) is 0.665. The van der Waals surface area contributed by atoms with E-state index in [0.29, 0.717) is 5.92 Å². The summed E-state index contributed by atoms with van der Waals surface area (Å²) in [6.07, 6.45) is 7.06. The Labute approximate surface area is 208 Å². The van der Waals surface area contributed by atoms with Crippen molar-refractivity contribution in [3.63, 3.8) is 0 Å². The molecule has 3 rings (SSSR count). The summed E-state index contributed by atoms with van der Waals surface area (Å²) in [6, 6.07) is 17.4. The molecule has 0 saturated heterocycles. The lowest BCUT2D eigenvalue weighted by molar-refractivity contribution is -0.113. The first kappa shape index (κ1) is 26.2. The highest BCUT2D eigenvalue weighted by atomic mass is 16.1. The SMILES string of the molecule is CCC(C)(C)C1C/C(=C\c2ccc(C(C)(C)C)cc2)C(=O)/C(=C/c2ccc(C(C)(C)C)cc2)C1. The van der Waals surface area contributed by atoms with Gasteiger partial charge in [0.2, 0.25) is 0 Å². The molecule has 0 N–H and O–H groups in total. The quantitative estimate of drug-likeness (QED) is 0.419.